The zero-order chi connectivity index (χ0) is 12.8. The molecule has 0 radical (unpaired) electrons. The maximum absolute atomic E-state index is 11.7. The fourth-order valence-corrected chi connectivity index (χ4v) is 3.28. The Morgan fingerprint density at radius 1 is 1.47 bits per heavy atom. The molecule has 1 rings (SSSR count). The van der Waals surface area contributed by atoms with Crippen LogP contribution in [0.15, 0.2) is 4.34 Å². The lowest BCUT2D eigenvalue weighted by molar-refractivity contribution is 0.0942. The van der Waals surface area contributed by atoms with E-state index in [2.05, 4.69) is 15.5 Å². The van der Waals surface area contributed by atoms with Gasteiger partial charge in [-0.05, 0) is 20.3 Å². The van der Waals surface area contributed by atoms with Crippen LogP contribution in [0.5, 0.6) is 0 Å². The molecule has 0 bridgehead atoms. The van der Waals surface area contributed by atoms with E-state index < -0.39 is 10.8 Å². The van der Waals surface area contributed by atoms with Gasteiger partial charge in [0, 0.05) is 11.8 Å². The quantitative estimate of drug-likeness (QED) is 0.855. The van der Waals surface area contributed by atoms with Gasteiger partial charge in [0.2, 0.25) is 9.35 Å². The first-order valence-corrected chi connectivity index (χ1v) is 7.70. The van der Waals surface area contributed by atoms with Gasteiger partial charge < -0.3 is 5.32 Å². The maximum Gasteiger partial charge on any atom is 0.282 e. The predicted octanol–water partition coefficient (Wildman–Crippen LogP) is 1.58. The number of amides is 1. The van der Waals surface area contributed by atoms with E-state index in [9.17, 15) is 9.00 Å². The van der Waals surface area contributed by atoms with Crippen molar-refractivity contribution < 1.29 is 9.00 Å². The number of carbonyl (C=O) groups excluding carboxylic acids is 1. The van der Waals surface area contributed by atoms with Crippen molar-refractivity contribution in [2.75, 3.05) is 5.75 Å². The van der Waals surface area contributed by atoms with Gasteiger partial charge in [-0.25, -0.2) is 0 Å². The van der Waals surface area contributed by atoms with Crippen LogP contribution >= 0.6 is 11.3 Å². The van der Waals surface area contributed by atoms with Crippen molar-refractivity contribution in [2.24, 2.45) is 0 Å². The molecule has 0 aromatic carbocycles. The molecule has 0 saturated carbocycles. The van der Waals surface area contributed by atoms with Gasteiger partial charge in [0.15, 0.2) is 0 Å². The van der Waals surface area contributed by atoms with Crippen LogP contribution in [0.25, 0.3) is 0 Å². The summed E-state index contributed by atoms with van der Waals surface area (Å²) in [6.45, 7) is 5.79. The lowest BCUT2D eigenvalue weighted by atomic mass is 10.4. The lowest BCUT2D eigenvalue weighted by Gasteiger charge is -2.04. The van der Waals surface area contributed by atoms with Crippen LogP contribution in [-0.4, -0.2) is 32.1 Å². The molecule has 0 aliphatic heterocycles. The third kappa shape index (κ3) is 4.51. The van der Waals surface area contributed by atoms with Crippen molar-refractivity contribution in [3.8, 4) is 0 Å². The predicted molar refractivity (Wildman–Crippen MR) is 68.7 cm³/mol. The van der Waals surface area contributed by atoms with Gasteiger partial charge in [-0.15, -0.1) is 10.2 Å². The number of aromatic nitrogens is 2. The summed E-state index contributed by atoms with van der Waals surface area (Å²) in [5.41, 5.74) is 0. The molecule has 1 heterocycles. The molecule has 0 saturated heterocycles. The first kappa shape index (κ1) is 14.2. The molecular weight excluding hydrogens is 258 g/mol. The molecule has 7 heteroatoms. The molecule has 1 atom stereocenters. The number of carbonyl (C=O) groups is 1. The Hall–Kier alpha value is -0.820. The van der Waals surface area contributed by atoms with E-state index in [1.807, 2.05) is 20.8 Å². The third-order valence-electron chi connectivity index (χ3n) is 1.90. The second kappa shape index (κ2) is 6.80. The van der Waals surface area contributed by atoms with Crippen molar-refractivity contribution in [1.82, 2.24) is 15.5 Å². The zero-order valence-corrected chi connectivity index (χ0v) is 11.9. The van der Waals surface area contributed by atoms with E-state index in [1.165, 1.54) is 0 Å². The summed E-state index contributed by atoms with van der Waals surface area (Å²) in [5, 5.41) is 10.6. The largest absolute Gasteiger partial charge is 0.348 e. The first-order valence-electron chi connectivity index (χ1n) is 5.57. The summed E-state index contributed by atoms with van der Waals surface area (Å²) in [5.74, 6) is 0.327. The summed E-state index contributed by atoms with van der Waals surface area (Å²) >= 11 is 1.11. The molecule has 0 aliphatic carbocycles. The molecule has 1 N–H and O–H groups in total. The second-order valence-electron chi connectivity index (χ2n) is 3.90. The highest BCUT2D eigenvalue weighted by Gasteiger charge is 2.16. The first-order chi connectivity index (χ1) is 8.04. The van der Waals surface area contributed by atoms with Gasteiger partial charge >= 0.3 is 0 Å². The Labute approximate surface area is 107 Å². The van der Waals surface area contributed by atoms with Crippen LogP contribution in [-0.2, 0) is 10.8 Å². The molecule has 0 spiro atoms. The van der Waals surface area contributed by atoms with Gasteiger partial charge in [0.1, 0.15) is 0 Å². The fraction of sp³-hybridized carbons (Fsp3) is 0.700. The number of hydrogen-bond acceptors (Lipinski definition) is 5. The fourth-order valence-electron chi connectivity index (χ4n) is 1.08. The highest BCUT2D eigenvalue weighted by Crippen LogP contribution is 2.15. The van der Waals surface area contributed by atoms with E-state index in [0.717, 1.165) is 24.2 Å². The molecule has 96 valence electrons. The minimum absolute atomic E-state index is 0.0560. The summed E-state index contributed by atoms with van der Waals surface area (Å²) in [6, 6.07) is 0.0560. The number of hydrogen-bond donors (Lipinski definition) is 1. The highest BCUT2D eigenvalue weighted by molar-refractivity contribution is 7.87. The van der Waals surface area contributed by atoms with E-state index in [0.29, 0.717) is 10.1 Å². The van der Waals surface area contributed by atoms with Crippen molar-refractivity contribution in [1.29, 1.82) is 0 Å². The summed E-state index contributed by atoms with van der Waals surface area (Å²) in [6.07, 6.45) is 1.88. The van der Waals surface area contributed by atoms with Gasteiger partial charge in [0.25, 0.3) is 5.91 Å². The van der Waals surface area contributed by atoms with Gasteiger partial charge in [-0.2, -0.15) is 0 Å². The van der Waals surface area contributed by atoms with E-state index in [4.69, 9.17) is 0 Å². The highest BCUT2D eigenvalue weighted by atomic mass is 32.2. The van der Waals surface area contributed by atoms with Crippen LogP contribution in [0.2, 0.25) is 0 Å². The topological polar surface area (TPSA) is 72.0 Å². The normalized spacial score (nSPS) is 12.7. The number of unbranched alkanes of at least 4 members (excludes halogenated alkanes) is 1. The standard InChI is InChI=1S/C10H17N3O2S2/c1-4-5-6-17(15)10-13-12-9(16-10)8(14)11-7(2)3/h7H,4-6H2,1-3H3,(H,11,14). The zero-order valence-electron chi connectivity index (χ0n) is 10.2. The van der Waals surface area contributed by atoms with Crippen molar-refractivity contribution in [3.05, 3.63) is 5.01 Å². The van der Waals surface area contributed by atoms with Crippen LogP contribution in [0.3, 0.4) is 0 Å². The van der Waals surface area contributed by atoms with Crippen LogP contribution in [0, 0.1) is 0 Å². The Kier molecular flexibility index (Phi) is 5.70. The summed E-state index contributed by atoms with van der Waals surface area (Å²) in [7, 11) is -1.13. The smallest absolute Gasteiger partial charge is 0.282 e. The monoisotopic (exact) mass is 275 g/mol. The van der Waals surface area contributed by atoms with E-state index in [1.54, 1.807) is 0 Å². The summed E-state index contributed by atoms with van der Waals surface area (Å²) < 4.78 is 12.2. The van der Waals surface area contributed by atoms with Gasteiger partial charge in [-0.1, -0.05) is 24.7 Å². The lowest BCUT2D eigenvalue weighted by Crippen LogP contribution is -2.29. The second-order valence-corrected chi connectivity index (χ2v) is 6.63. The van der Waals surface area contributed by atoms with Crippen molar-refractivity contribution in [2.45, 2.75) is 44.0 Å². The van der Waals surface area contributed by atoms with Crippen LogP contribution in [0.1, 0.15) is 43.4 Å². The molecule has 1 aromatic heterocycles. The number of rotatable bonds is 6. The molecule has 0 fully saturated rings. The molecular formula is C10H17N3O2S2. The van der Waals surface area contributed by atoms with Gasteiger partial charge in [0.05, 0.1) is 10.8 Å². The molecule has 1 amide bonds. The van der Waals surface area contributed by atoms with E-state index >= 15 is 0 Å². The Morgan fingerprint density at radius 3 is 2.76 bits per heavy atom. The Bertz CT molecular complexity index is 404. The van der Waals surface area contributed by atoms with Crippen LogP contribution < -0.4 is 5.32 Å². The van der Waals surface area contributed by atoms with E-state index in [-0.39, 0.29) is 17.0 Å². The number of nitrogens with one attached hydrogen (secondary N) is 1. The molecule has 5 nitrogen and oxygen atoms in total. The minimum atomic E-state index is -1.13. The Morgan fingerprint density at radius 2 is 2.18 bits per heavy atom. The van der Waals surface area contributed by atoms with Crippen molar-refractivity contribution in [3.63, 3.8) is 0 Å². The molecule has 1 aromatic rings. The van der Waals surface area contributed by atoms with Crippen LogP contribution in [0.4, 0.5) is 0 Å². The molecule has 0 aliphatic rings. The minimum Gasteiger partial charge on any atom is -0.348 e. The molecule has 17 heavy (non-hydrogen) atoms. The Balaban J connectivity index is 2.64. The maximum atomic E-state index is 11.7. The van der Waals surface area contributed by atoms with Gasteiger partial charge in [-0.3, -0.25) is 9.00 Å². The summed E-state index contributed by atoms with van der Waals surface area (Å²) in [4.78, 5) is 11.6. The SMILES string of the molecule is CCCCS(=O)c1nnc(C(=O)NC(C)C)s1. The van der Waals surface area contributed by atoms with Crippen molar-refractivity contribution >= 4 is 28.0 Å². The number of nitrogens with zero attached hydrogens (tertiary/aromatic N) is 2. The third-order valence-corrected chi connectivity index (χ3v) is 4.55. The molecule has 1 unspecified atom stereocenters. The average Bonchev–Trinajstić information content (AvgIpc) is 2.74. The average molecular weight is 275 g/mol.